The predicted octanol–water partition coefficient (Wildman–Crippen LogP) is 4.23. The van der Waals surface area contributed by atoms with Crippen LogP contribution in [0.3, 0.4) is 0 Å². The predicted molar refractivity (Wildman–Crippen MR) is 119 cm³/mol. The van der Waals surface area contributed by atoms with E-state index in [0.717, 1.165) is 4.57 Å². The van der Waals surface area contributed by atoms with Crippen LogP contribution in [0, 0.1) is 0 Å². The number of H-pyrrole nitrogens is 1. The molecule has 1 amide bonds. The Labute approximate surface area is 184 Å². The third kappa shape index (κ3) is 3.52. The molecule has 10 heteroatoms. The van der Waals surface area contributed by atoms with E-state index in [2.05, 4.69) is 10.3 Å². The average Bonchev–Trinajstić information content (AvgIpc) is 3.02. The van der Waals surface area contributed by atoms with Crippen molar-refractivity contribution < 1.29 is 4.79 Å². The van der Waals surface area contributed by atoms with E-state index < -0.39 is 17.2 Å². The van der Waals surface area contributed by atoms with E-state index >= 15 is 0 Å². The van der Waals surface area contributed by atoms with E-state index in [1.807, 2.05) is 0 Å². The van der Waals surface area contributed by atoms with Crippen LogP contribution in [0.4, 0.5) is 5.69 Å². The van der Waals surface area contributed by atoms with Gasteiger partial charge >= 0.3 is 5.69 Å². The minimum Gasteiger partial charge on any atom is -0.344 e. The van der Waals surface area contributed by atoms with Gasteiger partial charge in [0, 0.05) is 24.0 Å². The van der Waals surface area contributed by atoms with Gasteiger partial charge in [0.25, 0.3) is 11.5 Å². The molecule has 2 heterocycles. The van der Waals surface area contributed by atoms with Crippen LogP contribution in [-0.4, -0.2) is 20.0 Å². The highest BCUT2D eigenvalue weighted by Crippen LogP contribution is 2.26. The molecule has 2 aromatic carbocycles. The van der Waals surface area contributed by atoms with E-state index in [9.17, 15) is 14.4 Å². The number of carbonyl (C=O) groups is 1. The van der Waals surface area contributed by atoms with Crippen molar-refractivity contribution in [3.8, 4) is 5.69 Å². The fourth-order valence-corrected chi connectivity index (χ4v) is 3.57. The number of aryl methyl sites for hydroxylation is 1. The molecule has 2 aromatic heterocycles. The number of hydrogen-bond acceptors (Lipinski definition) is 3. The van der Waals surface area contributed by atoms with Crippen molar-refractivity contribution in [1.29, 1.82) is 0 Å². The number of nitrogens with zero attached hydrogens (tertiary/aromatic N) is 2. The molecule has 0 unspecified atom stereocenters. The van der Waals surface area contributed by atoms with Gasteiger partial charge in [0.1, 0.15) is 5.52 Å². The van der Waals surface area contributed by atoms with E-state index in [-0.39, 0.29) is 21.6 Å². The number of halogens is 3. The molecular weight excluding hydrogens is 451 g/mol. The lowest BCUT2D eigenvalue weighted by molar-refractivity contribution is 0.102. The molecule has 30 heavy (non-hydrogen) atoms. The normalized spacial score (nSPS) is 11.1. The second-order valence-corrected chi connectivity index (χ2v) is 7.76. The Kier molecular flexibility index (Phi) is 5.19. The molecule has 0 fully saturated rings. The van der Waals surface area contributed by atoms with Gasteiger partial charge < -0.3 is 14.9 Å². The van der Waals surface area contributed by atoms with Crippen molar-refractivity contribution in [3.63, 3.8) is 0 Å². The van der Waals surface area contributed by atoms with Gasteiger partial charge in [0.2, 0.25) is 0 Å². The molecule has 0 saturated carbocycles. The molecule has 2 N–H and O–H groups in total. The van der Waals surface area contributed by atoms with Crippen molar-refractivity contribution >= 4 is 57.4 Å². The molecule has 0 radical (unpaired) electrons. The maximum absolute atomic E-state index is 13.1. The average molecular weight is 464 g/mol. The first kappa shape index (κ1) is 20.3. The number of amides is 1. The first-order chi connectivity index (χ1) is 14.3. The summed E-state index contributed by atoms with van der Waals surface area (Å²) in [6.07, 6.45) is 1.47. The number of anilines is 1. The Morgan fingerprint density at radius 2 is 1.70 bits per heavy atom. The number of nitrogens with one attached hydrogen (secondary N) is 2. The number of rotatable bonds is 3. The molecule has 0 saturated heterocycles. The van der Waals surface area contributed by atoms with Gasteiger partial charge in [-0.1, -0.05) is 34.8 Å². The molecule has 0 bridgehead atoms. The Balaban J connectivity index is 1.82. The Hall–Kier alpha value is -3.00. The van der Waals surface area contributed by atoms with Gasteiger partial charge in [-0.15, -0.1) is 0 Å². The smallest absolute Gasteiger partial charge is 0.333 e. The quantitative estimate of drug-likeness (QED) is 0.476. The lowest BCUT2D eigenvalue weighted by Gasteiger charge is -2.07. The minimum atomic E-state index is -0.676. The van der Waals surface area contributed by atoms with E-state index in [0.29, 0.717) is 21.4 Å². The fraction of sp³-hybridized carbons (Fsp3) is 0.0500. The summed E-state index contributed by atoms with van der Waals surface area (Å²) in [5, 5.41) is 3.80. The molecule has 0 aliphatic heterocycles. The molecule has 0 spiro atoms. The number of fused-ring (bicyclic) bond motifs is 1. The van der Waals surface area contributed by atoms with Gasteiger partial charge in [0.05, 0.1) is 26.8 Å². The zero-order valence-electron chi connectivity index (χ0n) is 15.4. The first-order valence-electron chi connectivity index (χ1n) is 8.63. The molecule has 0 aliphatic carbocycles. The van der Waals surface area contributed by atoms with Crippen molar-refractivity contribution in [1.82, 2.24) is 14.1 Å². The molecule has 4 rings (SSSR count). The summed E-state index contributed by atoms with van der Waals surface area (Å²) < 4.78 is 2.48. The summed E-state index contributed by atoms with van der Waals surface area (Å²) in [7, 11) is 1.62. The van der Waals surface area contributed by atoms with Crippen LogP contribution in [0.15, 0.2) is 58.3 Å². The van der Waals surface area contributed by atoms with Crippen LogP contribution in [0.25, 0.3) is 16.7 Å². The van der Waals surface area contributed by atoms with Crippen LogP contribution >= 0.6 is 34.8 Å². The van der Waals surface area contributed by atoms with Gasteiger partial charge in [-0.05, 0) is 42.5 Å². The summed E-state index contributed by atoms with van der Waals surface area (Å²) in [6.45, 7) is 0. The second kappa shape index (κ2) is 7.68. The zero-order valence-corrected chi connectivity index (χ0v) is 17.6. The topological polar surface area (TPSA) is 88.9 Å². The lowest BCUT2D eigenvalue weighted by atomic mass is 10.2. The van der Waals surface area contributed by atoms with Crippen molar-refractivity contribution in [2.75, 3.05) is 5.32 Å². The molecule has 4 aromatic rings. The number of aromatic amines is 1. The number of carbonyl (C=O) groups excluding carboxylic acids is 1. The van der Waals surface area contributed by atoms with Crippen LogP contribution in [0.5, 0.6) is 0 Å². The summed E-state index contributed by atoms with van der Waals surface area (Å²) in [4.78, 5) is 41.2. The number of benzene rings is 2. The van der Waals surface area contributed by atoms with Crippen LogP contribution in [-0.2, 0) is 7.05 Å². The van der Waals surface area contributed by atoms with Gasteiger partial charge in [-0.3, -0.25) is 9.59 Å². The summed E-state index contributed by atoms with van der Waals surface area (Å²) in [5.41, 5.74) is -0.0225. The summed E-state index contributed by atoms with van der Waals surface area (Å²) in [6, 6.07) is 10.9. The highest BCUT2D eigenvalue weighted by atomic mass is 35.5. The van der Waals surface area contributed by atoms with Crippen LogP contribution < -0.4 is 16.6 Å². The third-order valence-electron chi connectivity index (χ3n) is 4.53. The number of hydrogen-bond donors (Lipinski definition) is 2. The molecule has 0 atom stereocenters. The van der Waals surface area contributed by atoms with E-state index in [1.54, 1.807) is 43.4 Å². The second-order valence-electron chi connectivity index (χ2n) is 6.51. The van der Waals surface area contributed by atoms with Crippen LogP contribution in [0.1, 0.15) is 10.4 Å². The highest BCUT2D eigenvalue weighted by molar-refractivity contribution is 6.42. The Morgan fingerprint density at radius 3 is 2.37 bits per heavy atom. The number of aromatic nitrogens is 3. The Morgan fingerprint density at radius 1 is 1.00 bits per heavy atom. The third-order valence-corrected chi connectivity index (χ3v) is 5.52. The molecular formula is C20H13Cl3N4O3. The van der Waals surface area contributed by atoms with Crippen molar-refractivity contribution in [2.45, 2.75) is 0 Å². The molecule has 7 nitrogen and oxygen atoms in total. The monoisotopic (exact) mass is 462 g/mol. The maximum Gasteiger partial charge on any atom is 0.333 e. The maximum atomic E-state index is 13.1. The lowest BCUT2D eigenvalue weighted by Crippen LogP contribution is -2.34. The molecule has 0 aliphatic rings. The van der Waals surface area contributed by atoms with E-state index in [1.165, 1.54) is 16.8 Å². The summed E-state index contributed by atoms with van der Waals surface area (Å²) in [5.74, 6) is -0.515. The zero-order chi connectivity index (χ0) is 21.6. The SMILES string of the molecule is Cn1cc(C(=O)Nc2ccc(Cl)c(Cl)c2)c2[nH]c(=O)n(-c3ccc(Cl)cc3)c(=O)c21. The van der Waals surface area contributed by atoms with Gasteiger partial charge in [-0.25, -0.2) is 9.36 Å². The Bertz CT molecular complexity index is 1420. The fourth-order valence-electron chi connectivity index (χ4n) is 3.14. The van der Waals surface area contributed by atoms with Gasteiger partial charge in [0.15, 0.2) is 0 Å². The molecule has 152 valence electrons. The minimum absolute atomic E-state index is 0.135. The standard InChI is InChI=1S/C20H13Cl3N4O3/c1-26-9-13(18(28)24-11-4-7-14(22)15(23)8-11)16-17(26)19(29)27(20(30)25-16)12-5-2-10(21)3-6-12/h2-9H,1H3,(H,24,28)(H,25,30). The largest absolute Gasteiger partial charge is 0.344 e. The van der Waals surface area contributed by atoms with E-state index in [4.69, 9.17) is 34.8 Å². The highest BCUT2D eigenvalue weighted by Gasteiger charge is 2.20. The van der Waals surface area contributed by atoms with Crippen molar-refractivity contribution in [2.24, 2.45) is 7.05 Å². The van der Waals surface area contributed by atoms with Crippen molar-refractivity contribution in [3.05, 3.63) is 90.1 Å². The summed E-state index contributed by atoms with van der Waals surface area (Å²) >= 11 is 17.8. The van der Waals surface area contributed by atoms with Crippen LogP contribution in [0.2, 0.25) is 15.1 Å². The first-order valence-corrected chi connectivity index (χ1v) is 9.76. The van der Waals surface area contributed by atoms with Gasteiger partial charge in [-0.2, -0.15) is 0 Å².